The van der Waals surface area contributed by atoms with Crippen LogP contribution in [0.2, 0.25) is 0 Å². The molecule has 0 unspecified atom stereocenters. The highest BCUT2D eigenvalue weighted by Crippen LogP contribution is 2.11. The van der Waals surface area contributed by atoms with E-state index in [4.69, 9.17) is 14.2 Å². The van der Waals surface area contributed by atoms with Gasteiger partial charge in [-0.1, -0.05) is 110 Å². The minimum absolute atomic E-state index is 0.0781. The predicted molar refractivity (Wildman–Crippen MR) is 160 cm³/mol. The first-order valence-electron chi connectivity index (χ1n) is 16.2. The summed E-state index contributed by atoms with van der Waals surface area (Å²) >= 11 is 0. The van der Waals surface area contributed by atoms with Crippen molar-refractivity contribution in [1.82, 2.24) is 0 Å². The Balaban J connectivity index is 4.09. The summed E-state index contributed by atoms with van der Waals surface area (Å²) in [6, 6.07) is 0. The molecule has 0 aliphatic heterocycles. The largest absolute Gasteiger partial charge is 0.462 e. The molecule has 0 radical (unpaired) electrons. The molecule has 0 aromatic carbocycles. The third-order valence-corrected chi connectivity index (χ3v) is 6.77. The van der Waals surface area contributed by atoms with Gasteiger partial charge in [0.2, 0.25) is 0 Å². The topological polar surface area (TPSA) is 78.9 Å². The van der Waals surface area contributed by atoms with Crippen molar-refractivity contribution in [2.24, 2.45) is 0 Å². The highest BCUT2D eigenvalue weighted by molar-refractivity contribution is 5.71. The van der Waals surface area contributed by atoms with Crippen molar-refractivity contribution < 1.29 is 28.6 Å². The average Bonchev–Trinajstić information content (AvgIpc) is 2.92. The molecule has 0 atom stereocenters. The van der Waals surface area contributed by atoms with Gasteiger partial charge in [0.15, 0.2) is 6.10 Å². The van der Waals surface area contributed by atoms with Crippen molar-refractivity contribution >= 4 is 17.9 Å². The Hall–Kier alpha value is -1.85. The molecule has 6 nitrogen and oxygen atoms in total. The second-order valence-electron chi connectivity index (χ2n) is 10.7. The first kappa shape index (κ1) is 37.1. The van der Waals surface area contributed by atoms with Gasteiger partial charge in [0.05, 0.1) is 0 Å². The monoisotopic (exact) mass is 552 g/mol. The van der Waals surface area contributed by atoms with Crippen molar-refractivity contribution in [3.8, 4) is 0 Å². The van der Waals surface area contributed by atoms with E-state index in [0.717, 1.165) is 64.2 Å². The maximum absolute atomic E-state index is 12.4. The maximum atomic E-state index is 12.4. The van der Waals surface area contributed by atoms with Gasteiger partial charge >= 0.3 is 17.9 Å². The molecule has 0 bridgehead atoms. The Kier molecular flexibility index (Phi) is 27.8. The zero-order chi connectivity index (χ0) is 28.8. The van der Waals surface area contributed by atoms with Crippen LogP contribution in [0.4, 0.5) is 0 Å². The zero-order valence-corrected chi connectivity index (χ0v) is 25.7. The van der Waals surface area contributed by atoms with Crippen LogP contribution in [-0.4, -0.2) is 37.2 Å². The normalized spacial score (nSPS) is 11.3. The summed E-state index contributed by atoms with van der Waals surface area (Å²) in [5.74, 6) is -0.950. The lowest BCUT2D eigenvalue weighted by Crippen LogP contribution is -2.30. The van der Waals surface area contributed by atoms with Crippen LogP contribution >= 0.6 is 0 Å². The third kappa shape index (κ3) is 27.5. The molecule has 0 aliphatic carbocycles. The van der Waals surface area contributed by atoms with Crippen molar-refractivity contribution in [3.63, 3.8) is 0 Å². The number of allylic oxidation sites excluding steroid dienone is 2. The second kappa shape index (κ2) is 29.1. The summed E-state index contributed by atoms with van der Waals surface area (Å²) in [5.41, 5.74) is 0. The molecule has 0 N–H and O–H groups in total. The molecule has 0 spiro atoms. The summed E-state index contributed by atoms with van der Waals surface area (Å²) in [7, 11) is 0. The number of hydrogen-bond acceptors (Lipinski definition) is 6. The highest BCUT2D eigenvalue weighted by atomic mass is 16.6. The molecule has 0 aromatic rings. The van der Waals surface area contributed by atoms with Crippen molar-refractivity contribution in [3.05, 3.63) is 12.2 Å². The standard InChI is InChI=1S/C33H60O6/c1-4-7-10-11-12-13-14-15-16-17-18-19-20-21-24-27-33(36)39-30(28-37-31(34)25-22-8-5-2)29-38-32(35)26-23-9-6-3/h15-16,30H,4-14,17-29H2,1-3H3/b16-15-. The Morgan fingerprint density at radius 2 is 0.846 bits per heavy atom. The molecular formula is C33H60O6. The summed E-state index contributed by atoms with van der Waals surface area (Å²) in [5, 5.41) is 0. The number of rotatable bonds is 28. The SMILES string of the molecule is CCCCCCCC/C=C\CCCCCCCC(=O)OC(COC(=O)CCCCC)COC(=O)CCCCC. The average molecular weight is 553 g/mol. The zero-order valence-electron chi connectivity index (χ0n) is 25.7. The number of ether oxygens (including phenoxy) is 3. The van der Waals surface area contributed by atoms with E-state index < -0.39 is 6.10 Å². The van der Waals surface area contributed by atoms with Gasteiger partial charge in [-0.05, 0) is 44.9 Å². The number of hydrogen-bond donors (Lipinski definition) is 0. The Bertz CT molecular complexity index is 589. The fourth-order valence-corrected chi connectivity index (χ4v) is 4.26. The molecule has 0 saturated carbocycles. The second-order valence-corrected chi connectivity index (χ2v) is 10.7. The van der Waals surface area contributed by atoms with Gasteiger partial charge in [-0.2, -0.15) is 0 Å². The number of esters is 3. The number of carbonyl (C=O) groups is 3. The highest BCUT2D eigenvalue weighted by Gasteiger charge is 2.19. The fourth-order valence-electron chi connectivity index (χ4n) is 4.26. The summed E-state index contributed by atoms with van der Waals surface area (Å²) in [6.07, 6.45) is 26.1. The van der Waals surface area contributed by atoms with Gasteiger partial charge in [-0.25, -0.2) is 0 Å². The Morgan fingerprint density at radius 3 is 1.33 bits per heavy atom. The summed E-state index contributed by atoms with van der Waals surface area (Å²) in [6.45, 7) is 6.25. The Morgan fingerprint density at radius 1 is 0.487 bits per heavy atom. The van der Waals surface area contributed by atoms with Crippen LogP contribution in [0, 0.1) is 0 Å². The van der Waals surface area contributed by atoms with Crippen molar-refractivity contribution in [2.45, 2.75) is 168 Å². The van der Waals surface area contributed by atoms with Gasteiger partial charge in [-0.3, -0.25) is 14.4 Å². The number of carbonyl (C=O) groups excluding carboxylic acids is 3. The van der Waals surface area contributed by atoms with E-state index in [9.17, 15) is 14.4 Å². The first-order chi connectivity index (χ1) is 19.0. The van der Waals surface area contributed by atoms with Gasteiger partial charge in [-0.15, -0.1) is 0 Å². The minimum Gasteiger partial charge on any atom is -0.462 e. The maximum Gasteiger partial charge on any atom is 0.306 e. The number of unbranched alkanes of at least 4 members (excludes halogenated alkanes) is 15. The van der Waals surface area contributed by atoms with Crippen LogP contribution in [0.1, 0.15) is 162 Å². The van der Waals surface area contributed by atoms with E-state index in [1.165, 1.54) is 57.8 Å². The van der Waals surface area contributed by atoms with Gasteiger partial charge in [0.25, 0.3) is 0 Å². The van der Waals surface area contributed by atoms with Crippen LogP contribution < -0.4 is 0 Å². The van der Waals surface area contributed by atoms with Crippen molar-refractivity contribution in [2.75, 3.05) is 13.2 Å². The molecule has 0 amide bonds. The van der Waals surface area contributed by atoms with Gasteiger partial charge in [0.1, 0.15) is 13.2 Å². The Labute approximate surface area is 240 Å². The van der Waals surface area contributed by atoms with E-state index in [2.05, 4.69) is 32.9 Å². The molecule has 228 valence electrons. The third-order valence-electron chi connectivity index (χ3n) is 6.77. The lowest BCUT2D eigenvalue weighted by atomic mass is 10.1. The molecule has 0 rings (SSSR count). The van der Waals surface area contributed by atoms with E-state index in [-0.39, 0.29) is 31.1 Å². The molecule has 0 aliphatic rings. The van der Waals surface area contributed by atoms with E-state index >= 15 is 0 Å². The molecule has 0 saturated heterocycles. The van der Waals surface area contributed by atoms with Gasteiger partial charge in [0, 0.05) is 19.3 Å². The predicted octanol–water partition coefficient (Wildman–Crippen LogP) is 9.18. The first-order valence-corrected chi connectivity index (χ1v) is 16.2. The molecule has 0 fully saturated rings. The quantitative estimate of drug-likeness (QED) is 0.0416. The van der Waals surface area contributed by atoms with Crippen LogP contribution in [0.3, 0.4) is 0 Å². The molecular weight excluding hydrogens is 492 g/mol. The molecule has 6 heteroatoms. The lowest BCUT2D eigenvalue weighted by molar-refractivity contribution is -0.167. The van der Waals surface area contributed by atoms with E-state index in [1.807, 2.05) is 0 Å². The molecule has 39 heavy (non-hydrogen) atoms. The summed E-state index contributed by atoms with van der Waals surface area (Å²) in [4.78, 5) is 36.3. The van der Waals surface area contributed by atoms with Crippen LogP contribution in [0.15, 0.2) is 12.2 Å². The van der Waals surface area contributed by atoms with Crippen LogP contribution in [0.5, 0.6) is 0 Å². The molecule has 0 heterocycles. The summed E-state index contributed by atoms with van der Waals surface area (Å²) < 4.78 is 16.1. The smallest absolute Gasteiger partial charge is 0.306 e. The lowest BCUT2D eigenvalue weighted by Gasteiger charge is -2.18. The molecule has 0 aromatic heterocycles. The minimum atomic E-state index is -0.758. The van der Waals surface area contributed by atoms with Crippen LogP contribution in [-0.2, 0) is 28.6 Å². The van der Waals surface area contributed by atoms with E-state index in [1.54, 1.807) is 0 Å². The fraction of sp³-hybridized carbons (Fsp3) is 0.848. The van der Waals surface area contributed by atoms with Gasteiger partial charge < -0.3 is 14.2 Å². The van der Waals surface area contributed by atoms with E-state index in [0.29, 0.717) is 19.3 Å². The van der Waals surface area contributed by atoms with Crippen LogP contribution in [0.25, 0.3) is 0 Å². The van der Waals surface area contributed by atoms with Crippen molar-refractivity contribution in [1.29, 1.82) is 0 Å².